The fourth-order valence-electron chi connectivity index (χ4n) is 4.49. The Balaban J connectivity index is 1.86. The van der Waals surface area contributed by atoms with Gasteiger partial charge in [-0.05, 0) is 62.4 Å². The number of aromatic nitrogens is 1. The highest BCUT2D eigenvalue weighted by Crippen LogP contribution is 2.41. The quantitative estimate of drug-likeness (QED) is 0.323. The number of anilines is 1. The van der Waals surface area contributed by atoms with Gasteiger partial charge in [0.1, 0.15) is 0 Å². The number of aryl methyl sites for hydroxylation is 4. The van der Waals surface area contributed by atoms with Gasteiger partial charge < -0.3 is 4.90 Å². The third-order valence-corrected chi connectivity index (χ3v) is 6.62. The summed E-state index contributed by atoms with van der Waals surface area (Å²) in [6.45, 7) is 12.9. The van der Waals surface area contributed by atoms with E-state index in [0.29, 0.717) is 0 Å². The van der Waals surface area contributed by atoms with E-state index in [1.807, 2.05) is 11.3 Å². The first-order valence-electron chi connectivity index (χ1n) is 10.7. The van der Waals surface area contributed by atoms with Gasteiger partial charge in [0.25, 0.3) is 0 Å². The number of hydrogen-bond donors (Lipinski definition) is 0. The molecule has 2 heterocycles. The first-order valence-corrected chi connectivity index (χ1v) is 11.6. The monoisotopic (exact) mass is 414 g/mol. The second-order valence-electron chi connectivity index (χ2n) is 8.29. The first kappa shape index (κ1) is 20.6. The van der Waals surface area contributed by atoms with Gasteiger partial charge in [-0.15, -0.1) is 11.3 Å². The van der Waals surface area contributed by atoms with Gasteiger partial charge in [0.2, 0.25) is 0 Å². The Morgan fingerprint density at radius 2 is 1.63 bits per heavy atom. The lowest BCUT2D eigenvalue weighted by Crippen LogP contribution is -2.23. The number of fused-ring (bicyclic) bond motifs is 1. The lowest BCUT2D eigenvalue weighted by atomic mass is 9.94. The van der Waals surface area contributed by atoms with Crippen molar-refractivity contribution < 1.29 is 0 Å². The molecule has 0 saturated carbocycles. The summed E-state index contributed by atoms with van der Waals surface area (Å²) in [6.07, 6.45) is 1.12. The topological polar surface area (TPSA) is 16.1 Å². The zero-order valence-electron chi connectivity index (χ0n) is 18.6. The summed E-state index contributed by atoms with van der Waals surface area (Å²) < 4.78 is 1.29. The lowest BCUT2D eigenvalue weighted by molar-refractivity contribution is 0.770. The Kier molecular flexibility index (Phi) is 5.92. The Labute approximate surface area is 184 Å². The molecule has 2 nitrogen and oxygen atoms in total. The number of thiophene rings is 1. The fourth-order valence-corrected chi connectivity index (χ4v) is 5.53. The van der Waals surface area contributed by atoms with Crippen molar-refractivity contribution in [2.24, 2.45) is 0 Å². The van der Waals surface area contributed by atoms with Gasteiger partial charge in [0.05, 0.1) is 15.9 Å². The molecule has 30 heavy (non-hydrogen) atoms. The molecule has 2 aromatic carbocycles. The number of rotatable bonds is 6. The summed E-state index contributed by atoms with van der Waals surface area (Å²) in [6, 6.07) is 17.6. The molecule has 3 heteroatoms. The van der Waals surface area contributed by atoms with E-state index in [1.165, 1.54) is 43.8 Å². The molecule has 0 unspecified atom stereocenters. The SMILES string of the molecule is CCCN(Cc1ccccc1)c1cc(C)nc2c(-c3c(C)cc(C)cc3C)csc12. The van der Waals surface area contributed by atoms with Crippen LogP contribution in [0.1, 0.15) is 41.3 Å². The highest BCUT2D eigenvalue weighted by atomic mass is 32.1. The van der Waals surface area contributed by atoms with Crippen LogP contribution < -0.4 is 4.90 Å². The van der Waals surface area contributed by atoms with E-state index < -0.39 is 0 Å². The van der Waals surface area contributed by atoms with Crippen molar-refractivity contribution in [2.75, 3.05) is 11.4 Å². The van der Waals surface area contributed by atoms with Crippen molar-refractivity contribution in [3.63, 3.8) is 0 Å². The van der Waals surface area contributed by atoms with E-state index in [4.69, 9.17) is 4.98 Å². The molecule has 0 saturated heterocycles. The highest BCUT2D eigenvalue weighted by molar-refractivity contribution is 7.18. The zero-order chi connectivity index (χ0) is 21.3. The highest BCUT2D eigenvalue weighted by Gasteiger charge is 2.19. The maximum Gasteiger partial charge on any atom is 0.0912 e. The molecule has 0 atom stereocenters. The smallest absolute Gasteiger partial charge is 0.0912 e. The molecule has 154 valence electrons. The van der Waals surface area contributed by atoms with Crippen molar-refractivity contribution in [1.82, 2.24) is 4.98 Å². The van der Waals surface area contributed by atoms with Crippen LogP contribution >= 0.6 is 11.3 Å². The van der Waals surface area contributed by atoms with Crippen LogP contribution in [0.15, 0.2) is 53.9 Å². The second-order valence-corrected chi connectivity index (χ2v) is 9.17. The molecule has 0 aliphatic heterocycles. The molecule has 0 amide bonds. The van der Waals surface area contributed by atoms with E-state index in [9.17, 15) is 0 Å². The molecule has 0 fully saturated rings. The van der Waals surface area contributed by atoms with Gasteiger partial charge >= 0.3 is 0 Å². The zero-order valence-corrected chi connectivity index (χ0v) is 19.4. The Bertz CT molecular complexity index is 1150. The molecule has 2 aromatic heterocycles. The Hall–Kier alpha value is -2.65. The minimum absolute atomic E-state index is 0.920. The Morgan fingerprint density at radius 1 is 0.933 bits per heavy atom. The minimum atomic E-state index is 0.920. The summed E-state index contributed by atoms with van der Waals surface area (Å²) in [4.78, 5) is 7.53. The summed E-state index contributed by atoms with van der Waals surface area (Å²) in [5.41, 5.74) is 11.4. The van der Waals surface area contributed by atoms with E-state index in [-0.39, 0.29) is 0 Å². The molecule has 0 aliphatic rings. The van der Waals surface area contributed by atoms with Gasteiger partial charge in [0, 0.05) is 29.7 Å². The predicted molar refractivity (Wildman–Crippen MR) is 132 cm³/mol. The van der Waals surface area contributed by atoms with Crippen LogP contribution in [0.3, 0.4) is 0 Å². The average molecular weight is 415 g/mol. The fraction of sp³-hybridized carbons (Fsp3) is 0.296. The number of hydrogen-bond acceptors (Lipinski definition) is 3. The molecular weight excluding hydrogens is 384 g/mol. The molecular formula is C27H30N2S. The average Bonchev–Trinajstić information content (AvgIpc) is 3.10. The van der Waals surface area contributed by atoms with Crippen molar-refractivity contribution >= 4 is 27.2 Å². The van der Waals surface area contributed by atoms with Crippen LogP contribution in [0, 0.1) is 27.7 Å². The molecule has 4 aromatic rings. The number of nitrogens with zero attached hydrogens (tertiary/aromatic N) is 2. The van der Waals surface area contributed by atoms with Crippen LogP contribution in [-0.2, 0) is 6.54 Å². The van der Waals surface area contributed by atoms with Gasteiger partial charge in [-0.1, -0.05) is 55.0 Å². The third kappa shape index (κ3) is 3.99. The Morgan fingerprint density at radius 3 is 2.30 bits per heavy atom. The van der Waals surface area contributed by atoms with E-state index >= 15 is 0 Å². The first-order chi connectivity index (χ1) is 14.5. The maximum absolute atomic E-state index is 5.01. The van der Waals surface area contributed by atoms with Crippen molar-refractivity contribution in [3.8, 4) is 11.1 Å². The van der Waals surface area contributed by atoms with Crippen molar-refractivity contribution in [3.05, 3.63) is 81.9 Å². The summed E-state index contributed by atoms with van der Waals surface area (Å²) in [5, 5.41) is 2.30. The van der Waals surface area contributed by atoms with Crippen molar-refractivity contribution in [2.45, 2.75) is 47.6 Å². The lowest BCUT2D eigenvalue weighted by Gasteiger charge is -2.25. The van der Waals surface area contributed by atoms with Crippen LogP contribution in [0.25, 0.3) is 21.3 Å². The standard InChI is InChI=1S/C27H30N2S/c1-6-12-29(16-22-10-8-7-9-11-22)24-15-21(5)28-26-23(17-30-27(24)26)25-19(3)13-18(2)14-20(25)4/h7-11,13-15,17H,6,12,16H2,1-5H3. The third-order valence-electron chi connectivity index (χ3n) is 5.63. The van der Waals surface area contributed by atoms with Crippen LogP contribution in [0.2, 0.25) is 0 Å². The molecule has 0 radical (unpaired) electrons. The van der Waals surface area contributed by atoms with E-state index in [0.717, 1.165) is 30.7 Å². The normalized spacial score (nSPS) is 11.2. The predicted octanol–water partition coefficient (Wildman–Crippen LogP) is 7.61. The molecule has 4 rings (SSSR count). The van der Waals surface area contributed by atoms with Crippen LogP contribution in [0.4, 0.5) is 5.69 Å². The maximum atomic E-state index is 5.01. The summed E-state index contributed by atoms with van der Waals surface area (Å²) in [7, 11) is 0. The minimum Gasteiger partial charge on any atom is -0.366 e. The second kappa shape index (κ2) is 8.61. The summed E-state index contributed by atoms with van der Waals surface area (Å²) in [5.74, 6) is 0. The van der Waals surface area contributed by atoms with Gasteiger partial charge in [-0.2, -0.15) is 0 Å². The van der Waals surface area contributed by atoms with Crippen LogP contribution in [-0.4, -0.2) is 11.5 Å². The van der Waals surface area contributed by atoms with Crippen molar-refractivity contribution in [1.29, 1.82) is 0 Å². The van der Waals surface area contributed by atoms with E-state index in [1.54, 1.807) is 0 Å². The molecule has 0 bridgehead atoms. The van der Waals surface area contributed by atoms with Gasteiger partial charge in [-0.3, -0.25) is 4.98 Å². The number of pyridine rings is 1. The van der Waals surface area contributed by atoms with Crippen LogP contribution in [0.5, 0.6) is 0 Å². The largest absolute Gasteiger partial charge is 0.366 e. The molecule has 0 N–H and O–H groups in total. The molecule has 0 spiro atoms. The summed E-state index contributed by atoms with van der Waals surface area (Å²) >= 11 is 1.83. The molecule has 0 aliphatic carbocycles. The number of benzene rings is 2. The van der Waals surface area contributed by atoms with Gasteiger partial charge in [0.15, 0.2) is 0 Å². The van der Waals surface area contributed by atoms with Gasteiger partial charge in [-0.25, -0.2) is 0 Å². The van der Waals surface area contributed by atoms with E-state index in [2.05, 4.69) is 93.4 Å².